The summed E-state index contributed by atoms with van der Waals surface area (Å²) in [5.41, 5.74) is 3.79. The zero-order valence-electron chi connectivity index (χ0n) is 10.8. The molecule has 0 atom stereocenters. The summed E-state index contributed by atoms with van der Waals surface area (Å²) < 4.78 is 1.24. The molecule has 1 aromatic heterocycles. The van der Waals surface area contributed by atoms with Crippen LogP contribution in [0.1, 0.15) is 19.4 Å². The fourth-order valence-corrected chi connectivity index (χ4v) is 3.36. The first-order valence-corrected chi connectivity index (χ1v) is 7.62. The number of fused-ring (bicyclic) bond motifs is 1. The van der Waals surface area contributed by atoms with Crippen LogP contribution in [-0.2, 0) is 5.41 Å². The van der Waals surface area contributed by atoms with Gasteiger partial charge in [0.05, 0.1) is 10.7 Å². The summed E-state index contributed by atoms with van der Waals surface area (Å²) in [5.74, 6) is 0. The summed E-state index contributed by atoms with van der Waals surface area (Å²) in [6, 6.07) is 8.60. The fraction of sp³-hybridized carbons (Fsp3) is 0.267. The summed E-state index contributed by atoms with van der Waals surface area (Å²) in [4.78, 5) is 6.36. The Bertz CT molecular complexity index is 640. The highest BCUT2D eigenvalue weighted by molar-refractivity contribution is 14.1. The molecule has 0 radical (unpaired) electrons. The van der Waals surface area contributed by atoms with Gasteiger partial charge in [0.2, 0.25) is 0 Å². The van der Waals surface area contributed by atoms with E-state index in [-0.39, 0.29) is 5.41 Å². The van der Waals surface area contributed by atoms with Crippen LogP contribution in [0.25, 0.3) is 0 Å². The lowest BCUT2D eigenvalue weighted by Crippen LogP contribution is -2.25. The number of nitrogens with zero attached hydrogens (tertiary/aromatic N) is 2. The molecule has 0 saturated carbocycles. The number of hydrogen-bond donors (Lipinski definition) is 0. The van der Waals surface area contributed by atoms with E-state index in [1.54, 1.807) is 12.4 Å². The largest absolute Gasteiger partial charge is 0.339 e. The van der Waals surface area contributed by atoms with Crippen molar-refractivity contribution in [2.45, 2.75) is 19.3 Å². The van der Waals surface area contributed by atoms with Crippen molar-refractivity contribution >= 4 is 45.6 Å². The summed E-state index contributed by atoms with van der Waals surface area (Å²) in [6.07, 6.45) is 3.50. The highest BCUT2D eigenvalue weighted by Crippen LogP contribution is 2.46. The molecule has 1 aromatic carbocycles. The van der Waals surface area contributed by atoms with Gasteiger partial charge in [0, 0.05) is 33.6 Å². The van der Waals surface area contributed by atoms with Gasteiger partial charge in [0.25, 0.3) is 0 Å². The van der Waals surface area contributed by atoms with Crippen molar-refractivity contribution in [3.8, 4) is 0 Å². The van der Waals surface area contributed by atoms with Crippen molar-refractivity contribution in [1.82, 2.24) is 4.98 Å². The van der Waals surface area contributed by atoms with Crippen molar-refractivity contribution in [2.75, 3.05) is 11.4 Å². The molecule has 1 aliphatic rings. The van der Waals surface area contributed by atoms with E-state index in [1.165, 1.54) is 14.8 Å². The van der Waals surface area contributed by atoms with E-state index in [0.717, 1.165) is 12.2 Å². The van der Waals surface area contributed by atoms with E-state index in [0.29, 0.717) is 5.02 Å². The van der Waals surface area contributed by atoms with Crippen LogP contribution in [-0.4, -0.2) is 11.5 Å². The maximum atomic E-state index is 6.30. The molecular weight excluding hydrogens is 371 g/mol. The van der Waals surface area contributed by atoms with E-state index < -0.39 is 0 Å². The average Bonchev–Trinajstić information content (AvgIpc) is 2.61. The number of anilines is 2. The number of aromatic nitrogens is 1. The molecule has 0 aliphatic carbocycles. The lowest BCUT2D eigenvalue weighted by molar-refractivity contribution is 0.569. The molecule has 19 heavy (non-hydrogen) atoms. The number of hydrogen-bond acceptors (Lipinski definition) is 2. The van der Waals surface area contributed by atoms with E-state index in [4.69, 9.17) is 11.6 Å². The van der Waals surface area contributed by atoms with Gasteiger partial charge in [-0.2, -0.15) is 0 Å². The van der Waals surface area contributed by atoms with Gasteiger partial charge in [-0.25, -0.2) is 0 Å². The Morgan fingerprint density at radius 3 is 2.79 bits per heavy atom. The molecule has 0 unspecified atom stereocenters. The third kappa shape index (κ3) is 2.23. The van der Waals surface area contributed by atoms with Gasteiger partial charge in [0.1, 0.15) is 0 Å². The second kappa shape index (κ2) is 4.63. The first-order valence-electron chi connectivity index (χ1n) is 6.16. The van der Waals surface area contributed by atoms with E-state index in [1.807, 2.05) is 6.07 Å². The Balaban J connectivity index is 2.17. The van der Waals surface area contributed by atoms with Gasteiger partial charge in [-0.15, -0.1) is 0 Å². The first kappa shape index (κ1) is 13.2. The molecule has 1 aliphatic heterocycles. The van der Waals surface area contributed by atoms with Crippen molar-refractivity contribution < 1.29 is 0 Å². The van der Waals surface area contributed by atoms with Crippen LogP contribution < -0.4 is 4.90 Å². The standard InChI is InChI=1S/C15H14ClIN2/c1-15(2)9-19(13-5-6-18-8-12(13)16)14-7-10(17)3-4-11(14)15/h3-8H,9H2,1-2H3. The quantitative estimate of drug-likeness (QED) is 0.659. The lowest BCUT2D eigenvalue weighted by Gasteiger charge is -2.23. The van der Waals surface area contributed by atoms with Gasteiger partial charge in [-0.1, -0.05) is 31.5 Å². The fourth-order valence-electron chi connectivity index (χ4n) is 2.67. The Hall–Kier alpha value is -0.810. The predicted octanol–water partition coefficient (Wildman–Crippen LogP) is 4.77. The Morgan fingerprint density at radius 1 is 1.26 bits per heavy atom. The third-order valence-corrected chi connectivity index (χ3v) is 4.54. The molecule has 2 aromatic rings. The van der Waals surface area contributed by atoms with Crippen LogP contribution in [0.2, 0.25) is 5.02 Å². The van der Waals surface area contributed by atoms with Gasteiger partial charge in [-0.05, 0) is 46.4 Å². The summed E-state index contributed by atoms with van der Waals surface area (Å²) >= 11 is 8.65. The number of pyridine rings is 1. The maximum Gasteiger partial charge on any atom is 0.0826 e. The van der Waals surface area contributed by atoms with Crippen LogP contribution in [0.3, 0.4) is 0 Å². The summed E-state index contributed by atoms with van der Waals surface area (Å²) in [6.45, 7) is 5.48. The topological polar surface area (TPSA) is 16.1 Å². The molecular formula is C15H14ClIN2. The second-order valence-electron chi connectivity index (χ2n) is 5.46. The molecule has 0 N–H and O–H groups in total. The third-order valence-electron chi connectivity index (χ3n) is 3.57. The molecule has 98 valence electrons. The second-order valence-corrected chi connectivity index (χ2v) is 7.11. The van der Waals surface area contributed by atoms with Crippen LogP contribution in [0.4, 0.5) is 11.4 Å². The zero-order chi connectivity index (χ0) is 13.6. The van der Waals surface area contributed by atoms with Crippen molar-refractivity contribution in [1.29, 1.82) is 0 Å². The molecule has 4 heteroatoms. The monoisotopic (exact) mass is 384 g/mol. The molecule has 0 spiro atoms. The van der Waals surface area contributed by atoms with Crippen LogP contribution >= 0.6 is 34.2 Å². The van der Waals surface area contributed by atoms with Crippen LogP contribution in [0, 0.1) is 3.57 Å². The average molecular weight is 385 g/mol. The lowest BCUT2D eigenvalue weighted by atomic mass is 9.87. The predicted molar refractivity (Wildman–Crippen MR) is 88.4 cm³/mol. The van der Waals surface area contributed by atoms with Crippen molar-refractivity contribution in [3.05, 3.63) is 50.8 Å². The summed E-state index contributed by atoms with van der Waals surface area (Å²) in [5, 5.41) is 0.699. The zero-order valence-corrected chi connectivity index (χ0v) is 13.7. The van der Waals surface area contributed by atoms with E-state index >= 15 is 0 Å². The maximum absolute atomic E-state index is 6.30. The van der Waals surface area contributed by atoms with Gasteiger partial charge >= 0.3 is 0 Å². The first-order chi connectivity index (χ1) is 8.99. The minimum absolute atomic E-state index is 0.131. The summed E-state index contributed by atoms with van der Waals surface area (Å²) in [7, 11) is 0. The Morgan fingerprint density at radius 2 is 2.05 bits per heavy atom. The van der Waals surface area contributed by atoms with Gasteiger partial charge in [-0.3, -0.25) is 4.98 Å². The number of rotatable bonds is 1. The minimum atomic E-state index is 0.131. The number of benzene rings is 1. The molecule has 0 amide bonds. The highest BCUT2D eigenvalue weighted by atomic mass is 127. The molecule has 0 bridgehead atoms. The molecule has 2 heterocycles. The Kier molecular flexibility index (Phi) is 3.21. The highest BCUT2D eigenvalue weighted by Gasteiger charge is 2.36. The molecule has 2 nitrogen and oxygen atoms in total. The molecule has 0 fully saturated rings. The minimum Gasteiger partial charge on any atom is -0.339 e. The molecule has 0 saturated heterocycles. The van der Waals surface area contributed by atoms with Crippen molar-refractivity contribution in [2.24, 2.45) is 0 Å². The van der Waals surface area contributed by atoms with Gasteiger partial charge in [0.15, 0.2) is 0 Å². The van der Waals surface area contributed by atoms with Crippen LogP contribution in [0.15, 0.2) is 36.7 Å². The molecule has 3 rings (SSSR count). The van der Waals surface area contributed by atoms with E-state index in [9.17, 15) is 0 Å². The van der Waals surface area contributed by atoms with E-state index in [2.05, 4.69) is 64.5 Å². The van der Waals surface area contributed by atoms with Crippen molar-refractivity contribution in [3.63, 3.8) is 0 Å². The normalized spacial score (nSPS) is 16.5. The smallest absolute Gasteiger partial charge is 0.0826 e. The number of halogens is 2. The van der Waals surface area contributed by atoms with Crippen LogP contribution in [0.5, 0.6) is 0 Å². The van der Waals surface area contributed by atoms with Gasteiger partial charge < -0.3 is 4.90 Å². The Labute approximate surface area is 131 Å². The SMILES string of the molecule is CC1(C)CN(c2ccncc2Cl)c2cc(I)ccc21.